The van der Waals surface area contributed by atoms with Crippen LogP contribution in [0.15, 0.2) is 18.2 Å². The highest BCUT2D eigenvalue weighted by Crippen LogP contribution is 2.23. The van der Waals surface area contributed by atoms with Crippen LogP contribution in [-0.2, 0) is 4.79 Å². The molecule has 2 N–H and O–H groups in total. The second-order valence-electron chi connectivity index (χ2n) is 5.46. The van der Waals surface area contributed by atoms with Crippen molar-refractivity contribution >= 4 is 11.6 Å². The van der Waals surface area contributed by atoms with E-state index in [1.165, 1.54) is 0 Å². The summed E-state index contributed by atoms with van der Waals surface area (Å²) >= 11 is 0. The predicted molar refractivity (Wildman–Crippen MR) is 74.4 cm³/mol. The second-order valence-corrected chi connectivity index (χ2v) is 5.46. The highest BCUT2D eigenvalue weighted by Gasteiger charge is 2.22. The van der Waals surface area contributed by atoms with Crippen LogP contribution < -0.4 is 10.6 Å². The van der Waals surface area contributed by atoms with Crippen molar-refractivity contribution in [1.82, 2.24) is 5.32 Å². The molecule has 0 aliphatic carbocycles. The van der Waals surface area contributed by atoms with Gasteiger partial charge in [0, 0.05) is 12.5 Å². The second kappa shape index (κ2) is 6.79. The van der Waals surface area contributed by atoms with E-state index in [4.69, 9.17) is 0 Å². The molecular weight excluding hydrogens is 262 g/mol. The molecule has 3 nitrogen and oxygen atoms in total. The lowest BCUT2D eigenvalue weighted by Gasteiger charge is -2.28. The molecule has 0 spiro atoms. The first-order valence-corrected chi connectivity index (χ1v) is 7.02. The lowest BCUT2D eigenvalue weighted by Crippen LogP contribution is -2.34. The molecule has 2 unspecified atom stereocenters. The number of nitrogens with one attached hydrogen (secondary N) is 2. The monoisotopic (exact) mass is 282 g/mol. The fourth-order valence-corrected chi connectivity index (χ4v) is 2.62. The smallest absolute Gasteiger partial charge is 0.224 e. The number of benzene rings is 1. The van der Waals surface area contributed by atoms with Gasteiger partial charge in [0.15, 0.2) is 0 Å². The van der Waals surface area contributed by atoms with E-state index in [0.717, 1.165) is 44.1 Å². The Bertz CT molecular complexity index is 473. The quantitative estimate of drug-likeness (QED) is 0.891. The molecule has 1 aromatic carbocycles. The van der Waals surface area contributed by atoms with Gasteiger partial charge in [0.1, 0.15) is 11.6 Å². The molecule has 0 saturated carbocycles. The molecule has 1 fully saturated rings. The van der Waals surface area contributed by atoms with Crippen molar-refractivity contribution in [2.45, 2.75) is 26.2 Å². The molecule has 20 heavy (non-hydrogen) atoms. The summed E-state index contributed by atoms with van der Waals surface area (Å²) in [5.41, 5.74) is -0.0935. The van der Waals surface area contributed by atoms with E-state index < -0.39 is 11.6 Å². The Morgan fingerprint density at radius 2 is 2.30 bits per heavy atom. The lowest BCUT2D eigenvalue weighted by molar-refractivity contribution is -0.117. The van der Waals surface area contributed by atoms with E-state index in [1.54, 1.807) is 0 Å². The molecule has 2 rings (SSSR count). The Balaban J connectivity index is 1.89. The van der Waals surface area contributed by atoms with Gasteiger partial charge in [-0.1, -0.05) is 6.92 Å². The van der Waals surface area contributed by atoms with Gasteiger partial charge in [0.25, 0.3) is 0 Å². The van der Waals surface area contributed by atoms with Crippen LogP contribution in [0, 0.1) is 23.5 Å². The number of carbonyl (C=O) groups is 1. The van der Waals surface area contributed by atoms with Crippen LogP contribution in [0.25, 0.3) is 0 Å². The Kier molecular flexibility index (Phi) is 5.06. The summed E-state index contributed by atoms with van der Waals surface area (Å²) in [4.78, 5) is 11.9. The van der Waals surface area contributed by atoms with Gasteiger partial charge < -0.3 is 10.6 Å². The number of hydrogen-bond donors (Lipinski definition) is 2. The van der Waals surface area contributed by atoms with Crippen molar-refractivity contribution in [2.24, 2.45) is 11.8 Å². The van der Waals surface area contributed by atoms with E-state index in [1.807, 2.05) is 6.92 Å². The van der Waals surface area contributed by atoms with Crippen LogP contribution in [0.3, 0.4) is 0 Å². The van der Waals surface area contributed by atoms with Gasteiger partial charge in [-0.2, -0.15) is 0 Å². The maximum absolute atomic E-state index is 13.4. The van der Waals surface area contributed by atoms with E-state index in [-0.39, 0.29) is 17.5 Å². The van der Waals surface area contributed by atoms with Gasteiger partial charge in [-0.3, -0.25) is 4.79 Å². The number of halogens is 2. The average molecular weight is 282 g/mol. The molecule has 0 radical (unpaired) electrons. The minimum absolute atomic E-state index is 0.0935. The van der Waals surface area contributed by atoms with Crippen molar-refractivity contribution in [1.29, 1.82) is 0 Å². The highest BCUT2D eigenvalue weighted by molar-refractivity contribution is 5.90. The van der Waals surface area contributed by atoms with Crippen molar-refractivity contribution < 1.29 is 13.6 Å². The first-order valence-electron chi connectivity index (χ1n) is 7.02. The molecular formula is C15H20F2N2O. The maximum Gasteiger partial charge on any atom is 0.224 e. The Labute approximate surface area is 117 Å². The molecule has 0 aromatic heterocycles. The Morgan fingerprint density at radius 1 is 1.50 bits per heavy atom. The van der Waals surface area contributed by atoms with E-state index in [0.29, 0.717) is 12.3 Å². The minimum Gasteiger partial charge on any atom is -0.324 e. The van der Waals surface area contributed by atoms with Gasteiger partial charge >= 0.3 is 0 Å². The third-order valence-electron chi connectivity index (χ3n) is 3.85. The molecule has 0 bridgehead atoms. The van der Waals surface area contributed by atoms with E-state index >= 15 is 0 Å². The fraction of sp³-hybridized carbons (Fsp3) is 0.533. The third-order valence-corrected chi connectivity index (χ3v) is 3.85. The third kappa shape index (κ3) is 4.00. The zero-order chi connectivity index (χ0) is 14.5. The molecule has 2 atom stereocenters. The summed E-state index contributed by atoms with van der Waals surface area (Å²) in [5.74, 6) is -0.767. The van der Waals surface area contributed by atoms with Crippen molar-refractivity contribution in [2.75, 3.05) is 18.4 Å². The first-order chi connectivity index (χ1) is 9.56. The molecule has 1 aromatic rings. The summed E-state index contributed by atoms with van der Waals surface area (Å²) < 4.78 is 26.5. The van der Waals surface area contributed by atoms with Crippen LogP contribution in [0.5, 0.6) is 0 Å². The van der Waals surface area contributed by atoms with Crippen LogP contribution in [0.4, 0.5) is 14.5 Å². The largest absolute Gasteiger partial charge is 0.324 e. The van der Waals surface area contributed by atoms with Gasteiger partial charge in [0.2, 0.25) is 5.91 Å². The minimum atomic E-state index is -0.619. The summed E-state index contributed by atoms with van der Waals surface area (Å²) in [7, 11) is 0. The van der Waals surface area contributed by atoms with Gasteiger partial charge in [-0.05, 0) is 49.9 Å². The molecule has 1 amide bonds. The molecule has 1 aliphatic heterocycles. The van der Waals surface area contributed by atoms with Gasteiger partial charge in [-0.15, -0.1) is 0 Å². The summed E-state index contributed by atoms with van der Waals surface area (Å²) in [5, 5.41) is 5.76. The number of carbonyl (C=O) groups excluding carboxylic acids is 1. The summed E-state index contributed by atoms with van der Waals surface area (Å²) in [6.07, 6.45) is 2.55. The lowest BCUT2D eigenvalue weighted by atomic mass is 9.85. The molecule has 110 valence electrons. The van der Waals surface area contributed by atoms with Gasteiger partial charge in [-0.25, -0.2) is 8.78 Å². The Morgan fingerprint density at radius 3 is 3.00 bits per heavy atom. The highest BCUT2D eigenvalue weighted by atomic mass is 19.1. The fourth-order valence-electron chi connectivity index (χ4n) is 2.62. The van der Waals surface area contributed by atoms with Crippen molar-refractivity contribution in [3.63, 3.8) is 0 Å². The number of hydrogen-bond acceptors (Lipinski definition) is 2. The van der Waals surface area contributed by atoms with Crippen LogP contribution in [0.2, 0.25) is 0 Å². The zero-order valence-electron chi connectivity index (χ0n) is 11.6. The number of amides is 1. The zero-order valence-corrected chi connectivity index (χ0v) is 11.6. The normalized spacial score (nSPS) is 20.4. The first kappa shape index (κ1) is 14.9. The summed E-state index contributed by atoms with van der Waals surface area (Å²) in [6.45, 7) is 3.98. The van der Waals surface area contributed by atoms with Crippen molar-refractivity contribution in [3.05, 3.63) is 29.8 Å². The molecule has 1 heterocycles. The van der Waals surface area contributed by atoms with Crippen LogP contribution in [0.1, 0.15) is 26.2 Å². The van der Waals surface area contributed by atoms with E-state index in [9.17, 15) is 13.6 Å². The van der Waals surface area contributed by atoms with Crippen LogP contribution >= 0.6 is 0 Å². The maximum atomic E-state index is 13.4. The summed E-state index contributed by atoms with van der Waals surface area (Å²) in [6, 6.07) is 3.04. The molecule has 1 saturated heterocycles. The Hall–Kier alpha value is -1.49. The number of anilines is 1. The van der Waals surface area contributed by atoms with Crippen LogP contribution in [-0.4, -0.2) is 19.0 Å². The standard InChI is InChI=1S/C15H20F2N2O/c1-10(11-3-2-6-18-9-11)7-15(20)19-14-8-12(16)4-5-13(14)17/h4-5,8,10-11,18H,2-3,6-7,9H2,1H3,(H,19,20). The predicted octanol–water partition coefficient (Wildman–Crippen LogP) is 2.93. The van der Waals surface area contributed by atoms with Crippen molar-refractivity contribution in [3.8, 4) is 0 Å². The molecule has 5 heteroatoms. The number of piperidine rings is 1. The SMILES string of the molecule is CC(CC(=O)Nc1cc(F)ccc1F)C1CCCNC1. The number of rotatable bonds is 4. The van der Waals surface area contributed by atoms with E-state index in [2.05, 4.69) is 10.6 Å². The molecule has 1 aliphatic rings. The topological polar surface area (TPSA) is 41.1 Å². The van der Waals surface area contributed by atoms with Gasteiger partial charge in [0.05, 0.1) is 5.69 Å². The average Bonchev–Trinajstić information content (AvgIpc) is 2.43.